The van der Waals surface area contributed by atoms with Gasteiger partial charge in [-0.25, -0.2) is 10.8 Å². The van der Waals surface area contributed by atoms with Crippen LogP contribution in [0.25, 0.3) is 0 Å². The van der Waals surface area contributed by atoms with Gasteiger partial charge in [-0.05, 0) is 31.4 Å². The lowest BCUT2D eigenvalue weighted by atomic mass is 10.2. The Labute approximate surface area is 112 Å². The van der Waals surface area contributed by atoms with Gasteiger partial charge in [-0.15, -0.1) is 0 Å². The van der Waals surface area contributed by atoms with Crippen LogP contribution in [-0.2, 0) is 0 Å². The van der Waals surface area contributed by atoms with E-state index in [1.165, 1.54) is 12.8 Å². The van der Waals surface area contributed by atoms with Gasteiger partial charge >= 0.3 is 0 Å². The van der Waals surface area contributed by atoms with Gasteiger partial charge in [0.15, 0.2) is 0 Å². The molecule has 1 aromatic rings. The highest BCUT2D eigenvalue weighted by Gasteiger charge is 2.34. The van der Waals surface area contributed by atoms with E-state index in [1.54, 1.807) is 18.3 Å². The van der Waals surface area contributed by atoms with Gasteiger partial charge in [0, 0.05) is 36.9 Å². The van der Waals surface area contributed by atoms with Crippen LogP contribution in [0.15, 0.2) is 18.3 Å². The molecule has 0 spiro atoms. The van der Waals surface area contributed by atoms with Crippen molar-refractivity contribution < 1.29 is 4.79 Å². The second kappa shape index (κ2) is 5.14. The lowest BCUT2D eigenvalue weighted by Crippen LogP contribution is -2.37. The number of rotatable bonds is 4. The van der Waals surface area contributed by atoms with Gasteiger partial charge in [0.25, 0.3) is 5.91 Å². The minimum atomic E-state index is -0.0541. The molecule has 1 aromatic heterocycles. The SMILES string of the molecule is NNc1cc(C(=O)NC2CCN(C3CC3)C2)ccn1. The minimum absolute atomic E-state index is 0.0541. The second-order valence-corrected chi connectivity index (χ2v) is 5.26. The molecule has 3 rings (SSSR count). The summed E-state index contributed by atoms with van der Waals surface area (Å²) in [7, 11) is 0. The molecule has 2 heterocycles. The average molecular weight is 261 g/mol. The first kappa shape index (κ1) is 12.4. The Kier molecular flexibility index (Phi) is 3.35. The summed E-state index contributed by atoms with van der Waals surface area (Å²) in [5.74, 6) is 5.73. The van der Waals surface area contributed by atoms with E-state index >= 15 is 0 Å². The lowest BCUT2D eigenvalue weighted by Gasteiger charge is -2.15. The van der Waals surface area contributed by atoms with E-state index < -0.39 is 0 Å². The van der Waals surface area contributed by atoms with Crippen molar-refractivity contribution in [3.8, 4) is 0 Å². The molecule has 0 radical (unpaired) electrons. The molecule has 1 saturated carbocycles. The summed E-state index contributed by atoms with van der Waals surface area (Å²) in [5.41, 5.74) is 3.04. The Morgan fingerprint density at radius 2 is 2.26 bits per heavy atom. The molecule has 1 aliphatic carbocycles. The van der Waals surface area contributed by atoms with Crippen LogP contribution in [0.3, 0.4) is 0 Å². The fourth-order valence-corrected chi connectivity index (χ4v) is 2.60. The van der Waals surface area contributed by atoms with Crippen molar-refractivity contribution in [2.45, 2.75) is 31.3 Å². The van der Waals surface area contributed by atoms with Gasteiger partial charge in [-0.1, -0.05) is 0 Å². The summed E-state index contributed by atoms with van der Waals surface area (Å²) in [6.07, 6.45) is 5.25. The maximum absolute atomic E-state index is 12.1. The van der Waals surface area contributed by atoms with Crippen molar-refractivity contribution in [1.82, 2.24) is 15.2 Å². The van der Waals surface area contributed by atoms with Crippen LogP contribution in [0.1, 0.15) is 29.6 Å². The summed E-state index contributed by atoms with van der Waals surface area (Å²) in [5, 5.41) is 3.08. The van der Waals surface area contributed by atoms with Crippen LogP contribution in [-0.4, -0.2) is 41.0 Å². The van der Waals surface area contributed by atoms with Crippen molar-refractivity contribution in [1.29, 1.82) is 0 Å². The molecule has 1 saturated heterocycles. The predicted octanol–water partition coefficient (Wildman–Crippen LogP) is 0.334. The highest BCUT2D eigenvalue weighted by atomic mass is 16.1. The van der Waals surface area contributed by atoms with E-state index in [0.717, 1.165) is 25.6 Å². The van der Waals surface area contributed by atoms with Crippen molar-refractivity contribution >= 4 is 11.7 Å². The van der Waals surface area contributed by atoms with E-state index in [1.807, 2.05) is 0 Å². The zero-order chi connectivity index (χ0) is 13.2. The number of nitrogens with two attached hydrogens (primary N) is 1. The van der Waals surface area contributed by atoms with Crippen LogP contribution >= 0.6 is 0 Å². The smallest absolute Gasteiger partial charge is 0.251 e. The number of nitrogens with zero attached hydrogens (tertiary/aromatic N) is 2. The molecule has 1 atom stereocenters. The Morgan fingerprint density at radius 1 is 1.42 bits per heavy atom. The van der Waals surface area contributed by atoms with Crippen LogP contribution in [0.2, 0.25) is 0 Å². The van der Waals surface area contributed by atoms with Gasteiger partial charge < -0.3 is 10.7 Å². The summed E-state index contributed by atoms with van der Waals surface area (Å²) >= 11 is 0. The van der Waals surface area contributed by atoms with Crippen molar-refractivity contribution in [2.75, 3.05) is 18.5 Å². The molecular formula is C13H19N5O. The molecule has 19 heavy (non-hydrogen) atoms. The number of amides is 1. The number of hydrazine groups is 1. The largest absolute Gasteiger partial charge is 0.348 e. The third-order valence-electron chi connectivity index (χ3n) is 3.79. The zero-order valence-corrected chi connectivity index (χ0v) is 10.8. The van der Waals surface area contributed by atoms with E-state index in [2.05, 4.69) is 20.6 Å². The highest BCUT2D eigenvalue weighted by Crippen LogP contribution is 2.29. The van der Waals surface area contributed by atoms with E-state index in [9.17, 15) is 4.79 Å². The molecule has 6 nitrogen and oxygen atoms in total. The third-order valence-corrected chi connectivity index (χ3v) is 3.79. The molecular weight excluding hydrogens is 242 g/mol. The Morgan fingerprint density at radius 3 is 3.00 bits per heavy atom. The maximum Gasteiger partial charge on any atom is 0.251 e. The predicted molar refractivity (Wildman–Crippen MR) is 72.5 cm³/mol. The number of carbonyl (C=O) groups is 1. The third kappa shape index (κ3) is 2.85. The normalized spacial score (nSPS) is 23.3. The van der Waals surface area contributed by atoms with Gasteiger partial charge in [0.2, 0.25) is 0 Å². The minimum Gasteiger partial charge on any atom is -0.348 e. The molecule has 0 aromatic carbocycles. The molecule has 2 fully saturated rings. The number of aromatic nitrogens is 1. The number of hydrogen-bond donors (Lipinski definition) is 3. The molecule has 6 heteroatoms. The summed E-state index contributed by atoms with van der Waals surface area (Å²) in [6, 6.07) is 4.39. The fourth-order valence-electron chi connectivity index (χ4n) is 2.60. The Hall–Kier alpha value is -1.66. The summed E-state index contributed by atoms with van der Waals surface area (Å²) < 4.78 is 0. The number of anilines is 1. The van der Waals surface area contributed by atoms with Gasteiger partial charge in [-0.2, -0.15) is 0 Å². The highest BCUT2D eigenvalue weighted by molar-refractivity contribution is 5.95. The first-order valence-electron chi connectivity index (χ1n) is 6.74. The summed E-state index contributed by atoms with van der Waals surface area (Å²) in [4.78, 5) is 18.6. The van der Waals surface area contributed by atoms with Gasteiger partial charge in [0.05, 0.1) is 0 Å². The number of carbonyl (C=O) groups excluding carboxylic acids is 1. The molecule has 1 amide bonds. The topological polar surface area (TPSA) is 83.3 Å². The monoisotopic (exact) mass is 261 g/mol. The number of nitrogens with one attached hydrogen (secondary N) is 2. The van der Waals surface area contributed by atoms with Gasteiger partial charge in [0.1, 0.15) is 5.82 Å². The number of nitrogen functional groups attached to an aromatic ring is 1. The first-order valence-corrected chi connectivity index (χ1v) is 6.74. The number of likely N-dealkylation sites (tertiary alicyclic amines) is 1. The molecule has 102 valence electrons. The van der Waals surface area contributed by atoms with E-state index in [0.29, 0.717) is 11.4 Å². The first-order chi connectivity index (χ1) is 9.26. The lowest BCUT2D eigenvalue weighted by molar-refractivity contribution is 0.0937. The zero-order valence-electron chi connectivity index (χ0n) is 10.8. The molecule has 1 aliphatic heterocycles. The van der Waals surface area contributed by atoms with Crippen molar-refractivity contribution in [2.24, 2.45) is 5.84 Å². The van der Waals surface area contributed by atoms with E-state index in [4.69, 9.17) is 5.84 Å². The standard InChI is InChI=1S/C13H19N5O/c14-17-12-7-9(3-5-15-12)13(19)16-10-4-6-18(8-10)11-1-2-11/h3,5,7,10-11H,1-2,4,6,8,14H2,(H,15,17)(H,16,19). The van der Waals surface area contributed by atoms with E-state index in [-0.39, 0.29) is 11.9 Å². The number of hydrogen-bond acceptors (Lipinski definition) is 5. The summed E-state index contributed by atoms with van der Waals surface area (Å²) in [6.45, 7) is 2.07. The maximum atomic E-state index is 12.1. The molecule has 0 bridgehead atoms. The number of pyridine rings is 1. The average Bonchev–Trinajstić information content (AvgIpc) is 3.19. The van der Waals surface area contributed by atoms with Crippen LogP contribution in [0, 0.1) is 0 Å². The molecule has 4 N–H and O–H groups in total. The van der Waals surface area contributed by atoms with Crippen molar-refractivity contribution in [3.63, 3.8) is 0 Å². The fraction of sp³-hybridized carbons (Fsp3) is 0.538. The van der Waals surface area contributed by atoms with Crippen molar-refractivity contribution in [3.05, 3.63) is 23.9 Å². The van der Waals surface area contributed by atoms with Crippen LogP contribution in [0.4, 0.5) is 5.82 Å². The molecule has 2 aliphatic rings. The second-order valence-electron chi connectivity index (χ2n) is 5.26. The Balaban J connectivity index is 1.58. The Bertz CT molecular complexity index is 474. The van der Waals surface area contributed by atoms with Gasteiger partial charge in [-0.3, -0.25) is 9.69 Å². The quantitative estimate of drug-likeness (QED) is 0.537. The molecule has 1 unspecified atom stereocenters. The van der Waals surface area contributed by atoms with Crippen LogP contribution in [0.5, 0.6) is 0 Å². The van der Waals surface area contributed by atoms with Crippen LogP contribution < -0.4 is 16.6 Å².